The van der Waals surface area contributed by atoms with Crippen LogP contribution < -0.4 is 5.73 Å². The molecule has 2 aromatic heterocycles. The quantitative estimate of drug-likeness (QED) is 0.756. The van der Waals surface area contributed by atoms with Crippen LogP contribution in [0.2, 0.25) is 0 Å². The Balaban J connectivity index is 2.07. The second kappa shape index (κ2) is 4.55. The van der Waals surface area contributed by atoms with E-state index in [-0.39, 0.29) is 0 Å². The molecule has 0 saturated heterocycles. The minimum atomic E-state index is 0.320. The first-order valence-electron chi connectivity index (χ1n) is 6.01. The number of nitrogens with one attached hydrogen (secondary N) is 1. The van der Waals surface area contributed by atoms with Gasteiger partial charge < -0.3 is 10.7 Å². The molecule has 0 saturated carbocycles. The first kappa shape index (κ1) is 11.4. The van der Waals surface area contributed by atoms with Crippen LogP contribution in [0.25, 0.3) is 21.5 Å². The molecule has 18 heavy (non-hydrogen) atoms. The lowest BCUT2D eigenvalue weighted by Crippen LogP contribution is -2.08. The van der Waals surface area contributed by atoms with Crippen molar-refractivity contribution in [2.24, 2.45) is 5.73 Å². The Bertz CT molecular complexity index is 668. The van der Waals surface area contributed by atoms with E-state index in [2.05, 4.69) is 35.5 Å². The summed E-state index contributed by atoms with van der Waals surface area (Å²) in [5.74, 6) is 0.320. The van der Waals surface area contributed by atoms with Crippen molar-refractivity contribution >= 4 is 22.2 Å². The van der Waals surface area contributed by atoms with Crippen molar-refractivity contribution in [1.29, 1.82) is 0 Å². The van der Waals surface area contributed by atoms with Gasteiger partial charge >= 0.3 is 0 Å². The molecule has 3 aromatic rings. The summed E-state index contributed by atoms with van der Waals surface area (Å²) < 4.78 is 0. The van der Waals surface area contributed by atoms with Crippen molar-refractivity contribution < 1.29 is 0 Å². The number of thiazole rings is 1. The molecule has 2 heterocycles. The van der Waals surface area contributed by atoms with Gasteiger partial charge in [-0.25, -0.2) is 4.98 Å². The monoisotopic (exact) mass is 257 g/mol. The number of aromatic amines is 1. The standard InChI is InChI=1S/C14H15N3S/c1-9(6-15)13-8-18-14(17-13)11-7-16-12-5-3-2-4-10(11)12/h2-5,7-9,16H,6,15H2,1H3. The van der Waals surface area contributed by atoms with Gasteiger partial charge in [0.2, 0.25) is 0 Å². The lowest BCUT2D eigenvalue weighted by Gasteiger charge is -2.02. The topological polar surface area (TPSA) is 54.7 Å². The number of nitrogens with two attached hydrogens (primary N) is 1. The molecule has 92 valence electrons. The molecule has 1 unspecified atom stereocenters. The Morgan fingerprint density at radius 2 is 2.22 bits per heavy atom. The van der Waals surface area contributed by atoms with Gasteiger partial charge in [-0.1, -0.05) is 25.1 Å². The van der Waals surface area contributed by atoms with Crippen LogP contribution in [-0.2, 0) is 0 Å². The highest BCUT2D eigenvalue weighted by molar-refractivity contribution is 7.13. The van der Waals surface area contributed by atoms with Crippen LogP contribution in [0.15, 0.2) is 35.8 Å². The fourth-order valence-corrected chi connectivity index (χ4v) is 2.98. The van der Waals surface area contributed by atoms with E-state index in [0.717, 1.165) is 16.2 Å². The van der Waals surface area contributed by atoms with E-state index >= 15 is 0 Å². The highest BCUT2D eigenvalue weighted by atomic mass is 32.1. The van der Waals surface area contributed by atoms with Crippen molar-refractivity contribution in [3.8, 4) is 10.6 Å². The van der Waals surface area contributed by atoms with E-state index in [4.69, 9.17) is 10.7 Å². The molecule has 3 rings (SSSR count). The van der Waals surface area contributed by atoms with Gasteiger partial charge in [0.05, 0.1) is 5.69 Å². The summed E-state index contributed by atoms with van der Waals surface area (Å²) in [6.07, 6.45) is 2.03. The van der Waals surface area contributed by atoms with Crippen LogP contribution in [-0.4, -0.2) is 16.5 Å². The molecule has 0 fully saturated rings. The highest BCUT2D eigenvalue weighted by Gasteiger charge is 2.12. The molecular formula is C14H15N3S. The number of nitrogens with zero attached hydrogens (tertiary/aromatic N) is 1. The summed E-state index contributed by atoms with van der Waals surface area (Å²) in [5, 5.41) is 4.39. The summed E-state index contributed by atoms with van der Waals surface area (Å²) >= 11 is 1.68. The highest BCUT2D eigenvalue weighted by Crippen LogP contribution is 2.32. The van der Waals surface area contributed by atoms with Crippen molar-refractivity contribution in [3.05, 3.63) is 41.5 Å². The van der Waals surface area contributed by atoms with Gasteiger partial charge in [-0.05, 0) is 6.07 Å². The third-order valence-electron chi connectivity index (χ3n) is 3.20. The molecule has 0 spiro atoms. The van der Waals surface area contributed by atoms with E-state index in [0.29, 0.717) is 12.5 Å². The molecule has 0 bridgehead atoms. The molecule has 4 heteroatoms. The van der Waals surface area contributed by atoms with Crippen LogP contribution in [0.3, 0.4) is 0 Å². The van der Waals surface area contributed by atoms with Gasteiger partial charge in [-0.2, -0.15) is 0 Å². The van der Waals surface area contributed by atoms with Crippen LogP contribution >= 0.6 is 11.3 Å². The number of rotatable bonds is 3. The van der Waals surface area contributed by atoms with Gasteiger partial charge in [0.1, 0.15) is 5.01 Å². The Hall–Kier alpha value is -1.65. The number of benzene rings is 1. The molecule has 0 aliphatic heterocycles. The number of aromatic nitrogens is 2. The zero-order chi connectivity index (χ0) is 12.5. The molecule has 0 aliphatic carbocycles. The number of fused-ring (bicyclic) bond motifs is 1. The zero-order valence-corrected chi connectivity index (χ0v) is 11.0. The van der Waals surface area contributed by atoms with Crippen molar-refractivity contribution in [3.63, 3.8) is 0 Å². The first-order valence-corrected chi connectivity index (χ1v) is 6.89. The fourth-order valence-electron chi connectivity index (χ4n) is 2.01. The van der Waals surface area contributed by atoms with E-state index in [1.54, 1.807) is 11.3 Å². The van der Waals surface area contributed by atoms with Crippen LogP contribution in [0.4, 0.5) is 0 Å². The molecular weight excluding hydrogens is 242 g/mol. The van der Waals surface area contributed by atoms with Crippen LogP contribution in [0.5, 0.6) is 0 Å². The van der Waals surface area contributed by atoms with Crippen molar-refractivity contribution in [2.45, 2.75) is 12.8 Å². The minimum Gasteiger partial charge on any atom is -0.360 e. The minimum absolute atomic E-state index is 0.320. The maximum atomic E-state index is 5.68. The van der Waals surface area contributed by atoms with Crippen LogP contribution in [0.1, 0.15) is 18.5 Å². The summed E-state index contributed by atoms with van der Waals surface area (Å²) in [4.78, 5) is 7.97. The largest absolute Gasteiger partial charge is 0.360 e. The number of para-hydroxylation sites is 1. The maximum Gasteiger partial charge on any atom is 0.125 e. The van der Waals surface area contributed by atoms with Gasteiger partial charge in [0, 0.05) is 40.5 Å². The summed E-state index contributed by atoms with van der Waals surface area (Å²) in [6.45, 7) is 2.74. The molecule has 0 aliphatic rings. The Kier molecular flexibility index (Phi) is 2.89. The van der Waals surface area contributed by atoms with E-state index < -0.39 is 0 Å². The summed E-state index contributed by atoms with van der Waals surface area (Å²) in [7, 11) is 0. The first-order chi connectivity index (χ1) is 8.79. The van der Waals surface area contributed by atoms with Crippen LogP contribution in [0, 0.1) is 0 Å². The molecule has 3 nitrogen and oxygen atoms in total. The summed E-state index contributed by atoms with van der Waals surface area (Å²) in [6, 6.07) is 8.29. The smallest absolute Gasteiger partial charge is 0.125 e. The zero-order valence-electron chi connectivity index (χ0n) is 10.2. The molecule has 0 radical (unpaired) electrons. The molecule has 1 atom stereocenters. The molecule has 0 amide bonds. The lowest BCUT2D eigenvalue weighted by atomic mass is 10.1. The van der Waals surface area contributed by atoms with Crippen molar-refractivity contribution in [2.75, 3.05) is 6.54 Å². The van der Waals surface area contributed by atoms with Gasteiger partial charge in [-0.3, -0.25) is 0 Å². The molecule has 3 N–H and O–H groups in total. The predicted octanol–water partition coefficient (Wildman–Crippen LogP) is 3.35. The lowest BCUT2D eigenvalue weighted by molar-refractivity contribution is 0.752. The predicted molar refractivity (Wildman–Crippen MR) is 76.9 cm³/mol. The number of hydrogen-bond donors (Lipinski definition) is 2. The Morgan fingerprint density at radius 1 is 1.39 bits per heavy atom. The fraction of sp³-hybridized carbons (Fsp3) is 0.214. The second-order valence-corrected chi connectivity index (χ2v) is 5.32. The third kappa shape index (κ3) is 1.83. The average Bonchev–Trinajstić information content (AvgIpc) is 3.03. The normalized spacial score (nSPS) is 13.0. The Labute approximate surface area is 110 Å². The Morgan fingerprint density at radius 3 is 3.06 bits per heavy atom. The third-order valence-corrected chi connectivity index (χ3v) is 4.09. The summed E-state index contributed by atoms with van der Waals surface area (Å²) in [5.41, 5.74) is 9.09. The average molecular weight is 257 g/mol. The van der Waals surface area contributed by atoms with Gasteiger partial charge in [0.15, 0.2) is 0 Å². The molecule has 1 aromatic carbocycles. The van der Waals surface area contributed by atoms with E-state index in [1.165, 1.54) is 10.9 Å². The van der Waals surface area contributed by atoms with Gasteiger partial charge in [-0.15, -0.1) is 11.3 Å². The van der Waals surface area contributed by atoms with Gasteiger partial charge in [0.25, 0.3) is 0 Å². The SMILES string of the molecule is CC(CN)c1csc(-c2c[nH]c3ccccc23)n1. The van der Waals surface area contributed by atoms with E-state index in [1.807, 2.05) is 12.3 Å². The second-order valence-electron chi connectivity index (χ2n) is 4.46. The maximum absolute atomic E-state index is 5.68. The number of H-pyrrole nitrogens is 1. The van der Waals surface area contributed by atoms with E-state index in [9.17, 15) is 0 Å². The van der Waals surface area contributed by atoms with Crippen molar-refractivity contribution in [1.82, 2.24) is 9.97 Å². The number of hydrogen-bond acceptors (Lipinski definition) is 3.